The molecule has 2 heterocycles. The van der Waals surface area contributed by atoms with Gasteiger partial charge in [0.15, 0.2) is 0 Å². The minimum atomic E-state index is 0.00730. The summed E-state index contributed by atoms with van der Waals surface area (Å²) in [6.07, 6.45) is 0. The van der Waals surface area contributed by atoms with Crippen LogP contribution in [0.5, 0.6) is 0 Å². The highest BCUT2D eigenvalue weighted by molar-refractivity contribution is 7.10. The molecule has 0 aliphatic rings. The molecule has 0 N–H and O–H groups in total. The van der Waals surface area contributed by atoms with Crippen molar-refractivity contribution >= 4 is 28.0 Å². The average molecular weight is 282 g/mol. The van der Waals surface area contributed by atoms with E-state index in [0.717, 1.165) is 28.2 Å². The first-order valence-electron chi connectivity index (χ1n) is 5.82. The van der Waals surface area contributed by atoms with Gasteiger partial charge in [-0.05, 0) is 6.92 Å². The Bertz CT molecular complexity index is 524. The minimum Gasteiger partial charge on any atom is -0.343 e. The van der Waals surface area contributed by atoms with Crippen molar-refractivity contribution in [3.05, 3.63) is 21.9 Å². The van der Waals surface area contributed by atoms with Gasteiger partial charge in [0.25, 0.3) is 0 Å². The third-order valence-corrected chi connectivity index (χ3v) is 4.23. The van der Waals surface area contributed by atoms with Crippen molar-refractivity contribution in [2.45, 2.75) is 39.7 Å². The molecule has 0 unspecified atom stereocenters. The third kappa shape index (κ3) is 3.05. The lowest BCUT2D eigenvalue weighted by atomic mass is 9.96. The number of hydrogen-bond donors (Lipinski definition) is 0. The maximum atomic E-state index is 4.59. The fourth-order valence-electron chi connectivity index (χ4n) is 1.42. The van der Waals surface area contributed by atoms with E-state index in [-0.39, 0.29) is 5.41 Å². The van der Waals surface area contributed by atoms with Gasteiger partial charge in [0, 0.05) is 35.1 Å². The molecule has 0 saturated heterocycles. The summed E-state index contributed by atoms with van der Waals surface area (Å²) in [5.74, 6) is 0.907. The van der Waals surface area contributed by atoms with Gasteiger partial charge in [-0.3, -0.25) is 0 Å². The fraction of sp³-hybridized carbons (Fsp3) is 0.583. The monoisotopic (exact) mass is 282 g/mol. The van der Waals surface area contributed by atoms with Crippen LogP contribution in [0, 0.1) is 6.92 Å². The van der Waals surface area contributed by atoms with Crippen LogP contribution in [0.1, 0.15) is 37.3 Å². The molecule has 98 valence electrons. The lowest BCUT2D eigenvalue weighted by Crippen LogP contribution is -2.17. The Morgan fingerprint density at radius 2 is 2.00 bits per heavy atom. The first-order chi connectivity index (χ1) is 8.36. The average Bonchev–Trinajstić information content (AvgIpc) is 2.85. The van der Waals surface area contributed by atoms with Gasteiger partial charge in [-0.25, -0.2) is 9.97 Å². The van der Waals surface area contributed by atoms with Crippen LogP contribution in [0.4, 0.5) is 5.13 Å². The van der Waals surface area contributed by atoms with E-state index in [1.807, 2.05) is 14.0 Å². The summed E-state index contributed by atoms with van der Waals surface area (Å²) in [5, 5.41) is 4.14. The van der Waals surface area contributed by atoms with Gasteiger partial charge in [0.05, 0.1) is 6.54 Å². The first-order valence-corrected chi connectivity index (χ1v) is 7.48. The largest absolute Gasteiger partial charge is 0.343 e. The second-order valence-corrected chi connectivity index (χ2v) is 7.06. The molecule has 0 amide bonds. The molecule has 0 saturated carbocycles. The zero-order valence-electron chi connectivity index (χ0n) is 11.4. The van der Waals surface area contributed by atoms with Crippen LogP contribution in [-0.2, 0) is 12.0 Å². The van der Waals surface area contributed by atoms with Gasteiger partial charge < -0.3 is 4.90 Å². The molecule has 6 heteroatoms. The van der Waals surface area contributed by atoms with Gasteiger partial charge >= 0.3 is 0 Å². The third-order valence-electron chi connectivity index (χ3n) is 2.45. The van der Waals surface area contributed by atoms with Crippen molar-refractivity contribution in [1.29, 1.82) is 0 Å². The summed E-state index contributed by atoms with van der Waals surface area (Å²) in [7, 11) is 2.03. The Balaban J connectivity index is 2.09. The molecule has 0 aliphatic heterocycles. The Morgan fingerprint density at radius 3 is 2.50 bits per heavy atom. The quantitative estimate of drug-likeness (QED) is 0.866. The molecule has 0 radical (unpaired) electrons. The number of aromatic nitrogens is 3. The maximum absolute atomic E-state index is 4.59. The van der Waals surface area contributed by atoms with Crippen LogP contribution in [0.25, 0.3) is 0 Å². The number of rotatable bonds is 3. The Morgan fingerprint density at radius 1 is 1.28 bits per heavy atom. The molecule has 18 heavy (non-hydrogen) atoms. The molecular weight excluding hydrogens is 264 g/mol. The molecule has 4 nitrogen and oxygen atoms in total. The molecule has 0 aliphatic carbocycles. The van der Waals surface area contributed by atoms with E-state index in [4.69, 9.17) is 0 Å². The molecular formula is C12H18N4S2. The van der Waals surface area contributed by atoms with Crippen molar-refractivity contribution in [3.63, 3.8) is 0 Å². The van der Waals surface area contributed by atoms with Crippen molar-refractivity contribution < 1.29 is 0 Å². The second-order valence-electron chi connectivity index (χ2n) is 5.39. The van der Waals surface area contributed by atoms with Crippen molar-refractivity contribution in [2.75, 3.05) is 11.9 Å². The van der Waals surface area contributed by atoms with Crippen LogP contribution in [-0.4, -0.2) is 21.4 Å². The summed E-state index contributed by atoms with van der Waals surface area (Å²) in [6, 6.07) is 0. The first kappa shape index (κ1) is 13.4. The smallest absolute Gasteiger partial charge is 0.205 e. The van der Waals surface area contributed by atoms with Crippen LogP contribution in [0.15, 0.2) is 5.38 Å². The van der Waals surface area contributed by atoms with E-state index >= 15 is 0 Å². The molecule has 0 fully saturated rings. The molecule has 2 aromatic rings. The van der Waals surface area contributed by atoms with Gasteiger partial charge in [-0.2, -0.15) is 4.37 Å². The number of nitrogens with zero attached hydrogens (tertiary/aromatic N) is 4. The molecule has 2 rings (SSSR count). The van der Waals surface area contributed by atoms with E-state index in [2.05, 4.69) is 45.4 Å². The van der Waals surface area contributed by atoms with Crippen LogP contribution in [0.2, 0.25) is 0 Å². The summed E-state index contributed by atoms with van der Waals surface area (Å²) < 4.78 is 4.43. The lowest BCUT2D eigenvalue weighted by Gasteiger charge is -2.14. The van der Waals surface area contributed by atoms with E-state index in [1.165, 1.54) is 11.5 Å². The highest BCUT2D eigenvalue weighted by Crippen LogP contribution is 2.25. The zero-order chi connectivity index (χ0) is 13.3. The topological polar surface area (TPSA) is 41.9 Å². The SMILES string of the molecule is Cc1csc(CN(C)c2nc(C(C)(C)C)ns2)n1. The van der Waals surface area contributed by atoms with E-state index < -0.39 is 0 Å². The maximum Gasteiger partial charge on any atom is 0.205 e. The Hall–Kier alpha value is -1.01. The molecule has 0 atom stereocenters. The Labute approximate surface area is 116 Å². The molecule has 0 aromatic carbocycles. The van der Waals surface area contributed by atoms with Gasteiger partial charge in [-0.1, -0.05) is 20.8 Å². The number of hydrogen-bond acceptors (Lipinski definition) is 6. The zero-order valence-corrected chi connectivity index (χ0v) is 13.0. The Kier molecular flexibility index (Phi) is 3.68. The van der Waals surface area contributed by atoms with Crippen molar-refractivity contribution in [2.24, 2.45) is 0 Å². The molecule has 0 spiro atoms. The predicted molar refractivity (Wildman–Crippen MR) is 77.6 cm³/mol. The van der Waals surface area contributed by atoms with Gasteiger partial charge in [-0.15, -0.1) is 11.3 Å². The van der Waals surface area contributed by atoms with Gasteiger partial charge in [0.2, 0.25) is 5.13 Å². The normalized spacial score (nSPS) is 11.8. The van der Waals surface area contributed by atoms with Crippen molar-refractivity contribution in [3.8, 4) is 0 Å². The second kappa shape index (κ2) is 4.93. The standard InChI is InChI=1S/C12H18N4S2/c1-8-7-17-9(13-8)6-16(5)11-14-10(15-18-11)12(2,3)4/h7H,6H2,1-5H3. The fourth-order valence-corrected chi connectivity index (χ4v) is 3.06. The predicted octanol–water partition coefficient (Wildman–Crippen LogP) is 3.24. The summed E-state index contributed by atoms with van der Waals surface area (Å²) in [5.41, 5.74) is 1.09. The molecule has 0 bridgehead atoms. The minimum absolute atomic E-state index is 0.00730. The molecule has 2 aromatic heterocycles. The van der Waals surface area contributed by atoms with Crippen LogP contribution < -0.4 is 4.90 Å². The summed E-state index contributed by atoms with van der Waals surface area (Å²) >= 11 is 3.14. The van der Waals surface area contributed by atoms with E-state index in [1.54, 1.807) is 11.3 Å². The summed E-state index contributed by atoms with van der Waals surface area (Å²) in [6.45, 7) is 9.19. The van der Waals surface area contributed by atoms with Crippen LogP contribution in [0.3, 0.4) is 0 Å². The number of aryl methyl sites for hydroxylation is 1. The number of thiazole rings is 1. The van der Waals surface area contributed by atoms with Crippen molar-refractivity contribution in [1.82, 2.24) is 14.3 Å². The van der Waals surface area contributed by atoms with E-state index in [0.29, 0.717) is 0 Å². The lowest BCUT2D eigenvalue weighted by molar-refractivity contribution is 0.554. The highest BCUT2D eigenvalue weighted by Gasteiger charge is 2.20. The van der Waals surface area contributed by atoms with Gasteiger partial charge in [0.1, 0.15) is 10.8 Å². The highest BCUT2D eigenvalue weighted by atomic mass is 32.1. The number of anilines is 1. The summed E-state index contributed by atoms with van der Waals surface area (Å²) in [4.78, 5) is 11.2. The van der Waals surface area contributed by atoms with E-state index in [9.17, 15) is 0 Å². The van der Waals surface area contributed by atoms with Crippen LogP contribution >= 0.6 is 22.9 Å².